The first-order valence-electron chi connectivity index (χ1n) is 24.6. The monoisotopic (exact) mass is 1080 g/mol. The number of benzene rings is 6. The molecule has 5 N–H and O–H groups in total. The molecular formula is C65H62O15. The van der Waals surface area contributed by atoms with Crippen LogP contribution >= 0.6 is 0 Å². The Morgan fingerprint density at radius 3 is 1.00 bits per heavy atom. The van der Waals surface area contributed by atoms with Crippen LogP contribution in [0.2, 0.25) is 0 Å². The van der Waals surface area contributed by atoms with E-state index in [4.69, 9.17) is 28.4 Å². The third-order valence-electron chi connectivity index (χ3n) is 11.9. The van der Waals surface area contributed by atoms with Crippen LogP contribution < -0.4 is 28.4 Å². The number of rotatable bonds is 25. The summed E-state index contributed by atoms with van der Waals surface area (Å²) in [7, 11) is 9.14. The van der Waals surface area contributed by atoms with Crippen molar-refractivity contribution >= 4 is 59.6 Å². The lowest BCUT2D eigenvalue weighted by Gasteiger charge is -2.08. The lowest BCUT2D eigenvalue weighted by molar-refractivity contribution is -0.118. The van der Waals surface area contributed by atoms with Crippen molar-refractivity contribution in [2.45, 2.75) is 19.8 Å². The van der Waals surface area contributed by atoms with Gasteiger partial charge in [-0.05, 0) is 141 Å². The number of allylic oxidation sites excluding steroid dienone is 8. The van der Waals surface area contributed by atoms with E-state index in [0.717, 1.165) is 16.7 Å². The molecule has 0 bridgehead atoms. The van der Waals surface area contributed by atoms with Gasteiger partial charge in [-0.1, -0.05) is 109 Å². The summed E-state index contributed by atoms with van der Waals surface area (Å²) in [6.07, 6.45) is 16.6. The van der Waals surface area contributed by atoms with Crippen molar-refractivity contribution in [1.82, 2.24) is 0 Å². The van der Waals surface area contributed by atoms with Crippen molar-refractivity contribution in [2.75, 3.05) is 42.7 Å². The lowest BCUT2D eigenvalue weighted by Crippen LogP contribution is -2.11. The smallest absolute Gasteiger partial charge is 0.193 e. The molecule has 0 aliphatic heterocycles. The molecule has 412 valence electrons. The van der Waals surface area contributed by atoms with E-state index in [9.17, 15) is 44.7 Å². The fourth-order valence-corrected chi connectivity index (χ4v) is 7.41. The summed E-state index contributed by atoms with van der Waals surface area (Å²) >= 11 is 0. The van der Waals surface area contributed by atoms with Gasteiger partial charge in [0, 0.05) is 0 Å². The number of ether oxygens (including phenoxy) is 6. The fourth-order valence-electron chi connectivity index (χ4n) is 7.41. The maximum atomic E-state index is 13.3. The van der Waals surface area contributed by atoms with Crippen molar-refractivity contribution in [3.05, 3.63) is 237 Å². The molecule has 6 aromatic carbocycles. The molecule has 0 saturated carbocycles. The van der Waals surface area contributed by atoms with Crippen LogP contribution in [0.4, 0.5) is 0 Å². The maximum absolute atomic E-state index is 13.3. The first-order valence-corrected chi connectivity index (χ1v) is 24.6. The Kier molecular flexibility index (Phi) is 24.0. The van der Waals surface area contributed by atoms with E-state index in [0.29, 0.717) is 67.9 Å². The van der Waals surface area contributed by atoms with Crippen molar-refractivity contribution in [1.29, 1.82) is 0 Å². The molecule has 6 aromatic rings. The molecule has 0 fully saturated rings. The van der Waals surface area contributed by atoms with E-state index >= 15 is 0 Å². The van der Waals surface area contributed by atoms with Gasteiger partial charge in [-0.25, -0.2) is 0 Å². The number of methoxy groups -OCH3 is 6. The van der Waals surface area contributed by atoms with E-state index in [1.54, 1.807) is 160 Å². The summed E-state index contributed by atoms with van der Waals surface area (Å²) in [6.45, 7) is -0.611. The summed E-state index contributed by atoms with van der Waals surface area (Å²) in [5.74, 6) is -0.444. The maximum Gasteiger partial charge on any atom is 0.193 e. The molecule has 0 spiro atoms. The Labute approximate surface area is 464 Å². The Hall–Kier alpha value is -9.80. The van der Waals surface area contributed by atoms with Gasteiger partial charge in [-0.3, -0.25) is 19.2 Å². The van der Waals surface area contributed by atoms with Gasteiger partial charge in [0.05, 0.1) is 62.5 Å². The Bertz CT molecular complexity index is 3200. The number of hydrogen-bond acceptors (Lipinski definition) is 15. The zero-order chi connectivity index (χ0) is 58.0. The standard InChI is InChI=1S/C34H34O9.C31H28O6/c1-40-30-15-9-23(18-32(30)42-3)7-13-28(38)34(27(37)12-6-22-5-11-25(20-35)26(17-22)21-36)29(39)14-8-24-10-16-31(41-2)33(19-24)43-4;1-36-26-14-7-23(8-15-26)12-19-29(34)31(28(33)18-11-22-3-5-25(21-32)6-4-22)30(35)20-13-24-9-16-27(37-2)17-10-24/h5-19,35-37H,20-21H2,1-4H3;3-20,32,34H,21H2,1-2H3/b12-6+,13-7+,14-8+;18-11+,19-12+,20-13+,31-29+. The average Bonchev–Trinajstić information content (AvgIpc) is 3.50. The van der Waals surface area contributed by atoms with Crippen molar-refractivity contribution in [2.24, 2.45) is 0 Å². The molecule has 0 radical (unpaired) electrons. The largest absolute Gasteiger partial charge is 0.507 e. The first kappa shape index (κ1) is 61.1. The van der Waals surface area contributed by atoms with E-state index < -0.39 is 40.2 Å². The number of hydrogen-bond donors (Lipinski definition) is 5. The number of ketones is 4. The van der Waals surface area contributed by atoms with Gasteiger partial charge < -0.3 is 54.0 Å². The van der Waals surface area contributed by atoms with Crippen LogP contribution in [-0.2, 0) is 39.0 Å². The molecule has 0 aliphatic rings. The van der Waals surface area contributed by atoms with Gasteiger partial charge in [0.1, 0.15) is 34.2 Å². The van der Waals surface area contributed by atoms with Crippen LogP contribution in [0.5, 0.6) is 34.5 Å². The van der Waals surface area contributed by atoms with Crippen LogP contribution in [0.3, 0.4) is 0 Å². The van der Waals surface area contributed by atoms with Gasteiger partial charge in [0.25, 0.3) is 0 Å². The Balaban J connectivity index is 0.000000297. The Morgan fingerprint density at radius 2 is 0.650 bits per heavy atom. The zero-order valence-electron chi connectivity index (χ0n) is 45.0. The molecule has 15 nitrogen and oxygen atoms in total. The highest BCUT2D eigenvalue weighted by molar-refractivity contribution is 6.30. The average molecular weight is 1080 g/mol. The molecule has 6 rings (SSSR count). The highest BCUT2D eigenvalue weighted by Crippen LogP contribution is 2.30. The normalized spacial score (nSPS) is 11.7. The molecule has 80 heavy (non-hydrogen) atoms. The fraction of sp³-hybridized carbons (Fsp3) is 0.138. The van der Waals surface area contributed by atoms with Crippen LogP contribution in [0, 0.1) is 0 Å². The van der Waals surface area contributed by atoms with Crippen molar-refractivity contribution < 1.29 is 73.1 Å². The van der Waals surface area contributed by atoms with Crippen LogP contribution in [0.15, 0.2) is 187 Å². The van der Waals surface area contributed by atoms with Crippen LogP contribution in [0.1, 0.15) is 50.1 Å². The van der Waals surface area contributed by atoms with Crippen molar-refractivity contribution in [3.8, 4) is 34.5 Å². The summed E-state index contributed by atoms with van der Waals surface area (Å²) < 4.78 is 31.4. The third-order valence-corrected chi connectivity index (χ3v) is 11.9. The molecule has 0 saturated heterocycles. The molecular weight excluding hydrogens is 1020 g/mol. The summed E-state index contributed by atoms with van der Waals surface area (Å²) in [6, 6.07) is 36.2. The molecule has 0 heterocycles. The van der Waals surface area contributed by atoms with E-state index in [1.165, 1.54) is 83.1 Å². The minimum Gasteiger partial charge on any atom is -0.507 e. The zero-order valence-corrected chi connectivity index (χ0v) is 45.0. The van der Waals surface area contributed by atoms with E-state index in [-0.39, 0.29) is 25.4 Å². The predicted molar refractivity (Wildman–Crippen MR) is 309 cm³/mol. The van der Waals surface area contributed by atoms with Gasteiger partial charge in [0.15, 0.2) is 46.1 Å². The summed E-state index contributed by atoms with van der Waals surface area (Å²) in [5.41, 5.74) is 4.97. The minimum absolute atomic E-state index is 0.0841. The second kappa shape index (κ2) is 31.4. The number of carbonyl (C=O) groups excluding carboxylic acids is 4. The molecule has 0 atom stereocenters. The highest BCUT2D eigenvalue weighted by Gasteiger charge is 2.20. The third kappa shape index (κ3) is 17.9. The summed E-state index contributed by atoms with van der Waals surface area (Å²) in [4.78, 5) is 52.7. The topological polar surface area (TPSA) is 225 Å². The molecule has 15 heteroatoms. The number of aliphatic hydroxyl groups is 5. The molecule has 0 aliphatic carbocycles. The van der Waals surface area contributed by atoms with Gasteiger partial charge in [-0.15, -0.1) is 0 Å². The van der Waals surface area contributed by atoms with Gasteiger partial charge >= 0.3 is 0 Å². The van der Waals surface area contributed by atoms with E-state index in [1.807, 2.05) is 0 Å². The van der Waals surface area contributed by atoms with Crippen LogP contribution in [-0.4, -0.2) is 91.3 Å². The van der Waals surface area contributed by atoms with Gasteiger partial charge in [0.2, 0.25) is 0 Å². The van der Waals surface area contributed by atoms with Gasteiger partial charge in [-0.2, -0.15) is 0 Å². The predicted octanol–water partition coefficient (Wildman–Crippen LogP) is 10.7. The van der Waals surface area contributed by atoms with Crippen LogP contribution in [0.25, 0.3) is 36.5 Å². The van der Waals surface area contributed by atoms with Crippen molar-refractivity contribution in [3.63, 3.8) is 0 Å². The second-order valence-corrected chi connectivity index (χ2v) is 17.0. The number of carbonyl (C=O) groups is 4. The summed E-state index contributed by atoms with van der Waals surface area (Å²) in [5, 5.41) is 49.9. The molecule has 0 amide bonds. The number of aliphatic hydroxyl groups excluding tert-OH is 5. The lowest BCUT2D eigenvalue weighted by atomic mass is 10.0. The Morgan fingerprint density at radius 1 is 0.338 bits per heavy atom. The first-order chi connectivity index (χ1) is 38.7. The SMILES string of the molecule is COc1ccc(/C=C/C(=O)/C(C(=O)/C=C/c2ccc(CO)cc2)=C(O)\C=C\c2ccc(OC)cc2)cc1.COc1ccc(/C=C/C(=O)C(C(=O)/C=C/c2ccc(OC)c(OC)c2)=C(O)/C=C/c2ccc(CO)c(CO)c2)cc1OC. The molecule has 0 unspecified atom stereocenters. The molecule has 0 aromatic heterocycles. The van der Waals surface area contributed by atoms with E-state index in [2.05, 4.69) is 0 Å². The highest BCUT2D eigenvalue weighted by atomic mass is 16.5. The minimum atomic E-state index is -0.731. The quantitative estimate of drug-likeness (QED) is 0.0118. The second-order valence-electron chi connectivity index (χ2n) is 17.0.